The molecule has 0 aliphatic heterocycles. The summed E-state index contributed by atoms with van der Waals surface area (Å²) in [6, 6.07) is 8.59. The minimum atomic E-state index is -0.482. The zero-order valence-corrected chi connectivity index (χ0v) is 13.5. The van der Waals surface area contributed by atoms with Crippen molar-refractivity contribution in [1.82, 2.24) is 0 Å². The van der Waals surface area contributed by atoms with Crippen LogP contribution in [0.3, 0.4) is 0 Å². The molecule has 3 rings (SSSR count). The number of rotatable bonds is 4. The van der Waals surface area contributed by atoms with Crippen molar-refractivity contribution in [1.29, 1.82) is 0 Å². The van der Waals surface area contributed by atoms with E-state index in [-0.39, 0.29) is 11.8 Å². The first kappa shape index (κ1) is 15.1. The summed E-state index contributed by atoms with van der Waals surface area (Å²) in [5, 5.41) is 3.85. The van der Waals surface area contributed by atoms with Crippen molar-refractivity contribution < 1.29 is 14.3 Å². The van der Waals surface area contributed by atoms with Crippen LogP contribution in [0.1, 0.15) is 28.1 Å². The fraction of sp³-hybridized carbons (Fsp3) is 0.250. The van der Waals surface area contributed by atoms with Crippen molar-refractivity contribution in [2.75, 3.05) is 5.32 Å². The third kappa shape index (κ3) is 3.48. The Bertz CT molecular complexity index is 737. The largest absolute Gasteiger partial charge is 0.421 e. The number of thiophene rings is 1. The summed E-state index contributed by atoms with van der Waals surface area (Å²) in [6.45, 7) is 1.89. The normalized spacial score (nSPS) is 13.7. The number of nitrogens with one attached hydrogen (secondary N) is 1. The summed E-state index contributed by atoms with van der Waals surface area (Å²) in [4.78, 5) is 24.2. The van der Waals surface area contributed by atoms with Gasteiger partial charge < -0.3 is 10.1 Å². The quantitative estimate of drug-likeness (QED) is 0.670. The zero-order chi connectivity index (χ0) is 15.7. The minimum absolute atomic E-state index is 0.0171. The first-order valence-corrected chi connectivity index (χ1v) is 8.11. The Morgan fingerprint density at radius 2 is 2.05 bits per heavy atom. The van der Waals surface area contributed by atoms with Crippen LogP contribution in [0.5, 0.6) is 5.75 Å². The van der Waals surface area contributed by atoms with Gasteiger partial charge in [0.1, 0.15) is 10.6 Å². The Labute approximate surface area is 137 Å². The number of carbonyl (C=O) groups excluding carboxylic acids is 2. The maximum absolute atomic E-state index is 12.1. The van der Waals surface area contributed by atoms with Crippen LogP contribution in [-0.2, 0) is 4.79 Å². The minimum Gasteiger partial charge on any atom is -0.421 e. The lowest BCUT2D eigenvalue weighted by Gasteiger charge is -2.05. The molecule has 0 bridgehead atoms. The van der Waals surface area contributed by atoms with Crippen molar-refractivity contribution in [3.05, 3.63) is 45.8 Å². The number of aryl methyl sites for hydroxylation is 1. The Balaban J connectivity index is 1.68. The number of esters is 1. The summed E-state index contributed by atoms with van der Waals surface area (Å²) < 4.78 is 5.32. The van der Waals surface area contributed by atoms with Gasteiger partial charge in [0.15, 0.2) is 0 Å². The van der Waals surface area contributed by atoms with Gasteiger partial charge in [-0.1, -0.05) is 17.7 Å². The highest BCUT2D eigenvalue weighted by atomic mass is 35.5. The van der Waals surface area contributed by atoms with E-state index < -0.39 is 5.97 Å². The van der Waals surface area contributed by atoms with Gasteiger partial charge in [0, 0.05) is 5.92 Å². The summed E-state index contributed by atoms with van der Waals surface area (Å²) in [6.07, 6.45) is 1.88. The summed E-state index contributed by atoms with van der Waals surface area (Å²) >= 11 is 7.21. The molecule has 22 heavy (non-hydrogen) atoms. The smallest absolute Gasteiger partial charge is 0.353 e. The molecule has 1 aromatic heterocycles. The molecule has 6 heteroatoms. The molecule has 1 aliphatic rings. The zero-order valence-electron chi connectivity index (χ0n) is 11.9. The molecule has 1 saturated carbocycles. The molecule has 1 aromatic carbocycles. The molecule has 1 heterocycles. The fourth-order valence-electron chi connectivity index (χ4n) is 1.92. The standard InChI is InChI=1S/C16H14ClNO3S/c1-9-2-5-11(17)12(8-9)21-16(20)13-6-7-14(22-13)18-15(19)10-3-4-10/h2,5-8,10H,3-4H2,1H3,(H,18,19). The Morgan fingerprint density at radius 1 is 1.27 bits per heavy atom. The number of benzene rings is 1. The third-order valence-electron chi connectivity index (χ3n) is 3.29. The van der Waals surface area contributed by atoms with E-state index in [0.717, 1.165) is 18.4 Å². The Morgan fingerprint density at radius 3 is 2.77 bits per heavy atom. The van der Waals surface area contributed by atoms with Gasteiger partial charge in [0.2, 0.25) is 5.91 Å². The molecule has 0 spiro atoms. The first-order chi connectivity index (χ1) is 10.5. The molecule has 1 fully saturated rings. The number of amides is 1. The van der Waals surface area contributed by atoms with Crippen molar-refractivity contribution >= 4 is 39.8 Å². The van der Waals surface area contributed by atoms with Gasteiger partial charge in [-0.2, -0.15) is 0 Å². The lowest BCUT2D eigenvalue weighted by Crippen LogP contribution is -2.12. The van der Waals surface area contributed by atoms with Crippen molar-refractivity contribution in [3.63, 3.8) is 0 Å². The molecule has 4 nitrogen and oxygen atoms in total. The molecule has 2 aromatic rings. The van der Waals surface area contributed by atoms with Crippen molar-refractivity contribution in [2.45, 2.75) is 19.8 Å². The third-order valence-corrected chi connectivity index (χ3v) is 4.58. The Hall–Kier alpha value is -1.85. The number of halogens is 1. The fourth-order valence-corrected chi connectivity index (χ4v) is 2.86. The molecule has 114 valence electrons. The average Bonchev–Trinajstić information content (AvgIpc) is 3.23. The molecular weight excluding hydrogens is 322 g/mol. The second kappa shape index (κ2) is 6.10. The molecule has 0 saturated heterocycles. The van der Waals surface area contributed by atoms with Crippen LogP contribution in [-0.4, -0.2) is 11.9 Å². The van der Waals surface area contributed by atoms with Crippen LogP contribution in [0.15, 0.2) is 30.3 Å². The number of hydrogen-bond donors (Lipinski definition) is 1. The van der Waals surface area contributed by atoms with Crippen LogP contribution in [0.25, 0.3) is 0 Å². The first-order valence-electron chi connectivity index (χ1n) is 6.92. The van der Waals surface area contributed by atoms with Crippen LogP contribution < -0.4 is 10.1 Å². The number of hydrogen-bond acceptors (Lipinski definition) is 4. The molecule has 0 atom stereocenters. The summed E-state index contributed by atoms with van der Waals surface area (Å²) in [5.74, 6) is 0.000140. The van der Waals surface area contributed by atoms with E-state index >= 15 is 0 Å². The maximum atomic E-state index is 12.1. The molecule has 1 amide bonds. The van der Waals surface area contributed by atoms with Gasteiger partial charge in [0.05, 0.1) is 10.0 Å². The predicted octanol–water partition coefficient (Wildman–Crippen LogP) is 4.28. The maximum Gasteiger partial charge on any atom is 0.353 e. The number of carbonyl (C=O) groups is 2. The SMILES string of the molecule is Cc1ccc(Cl)c(OC(=O)c2ccc(NC(=O)C3CC3)s2)c1. The number of anilines is 1. The van der Waals surface area contributed by atoms with E-state index in [9.17, 15) is 9.59 Å². The highest BCUT2D eigenvalue weighted by Crippen LogP contribution is 2.32. The van der Waals surface area contributed by atoms with Gasteiger partial charge >= 0.3 is 5.97 Å². The van der Waals surface area contributed by atoms with E-state index in [4.69, 9.17) is 16.3 Å². The monoisotopic (exact) mass is 335 g/mol. The van der Waals surface area contributed by atoms with Gasteiger partial charge in [-0.3, -0.25) is 4.79 Å². The van der Waals surface area contributed by atoms with E-state index in [1.54, 1.807) is 24.3 Å². The average molecular weight is 336 g/mol. The van der Waals surface area contributed by atoms with E-state index in [2.05, 4.69) is 5.32 Å². The van der Waals surface area contributed by atoms with Gasteiger partial charge in [-0.15, -0.1) is 11.3 Å². The van der Waals surface area contributed by atoms with E-state index in [1.165, 1.54) is 11.3 Å². The lowest BCUT2D eigenvalue weighted by atomic mass is 10.2. The number of ether oxygens (including phenoxy) is 1. The van der Waals surface area contributed by atoms with Gasteiger partial charge in [-0.25, -0.2) is 4.79 Å². The van der Waals surface area contributed by atoms with Crippen LogP contribution in [0, 0.1) is 12.8 Å². The molecular formula is C16H14ClNO3S. The lowest BCUT2D eigenvalue weighted by molar-refractivity contribution is -0.117. The Kier molecular flexibility index (Phi) is 4.18. The summed E-state index contributed by atoms with van der Waals surface area (Å²) in [5.41, 5.74) is 0.954. The van der Waals surface area contributed by atoms with Crippen molar-refractivity contribution in [3.8, 4) is 5.75 Å². The molecule has 1 N–H and O–H groups in total. The predicted molar refractivity (Wildman–Crippen MR) is 86.8 cm³/mol. The topological polar surface area (TPSA) is 55.4 Å². The second-order valence-electron chi connectivity index (χ2n) is 5.25. The van der Waals surface area contributed by atoms with E-state index in [1.807, 2.05) is 13.0 Å². The second-order valence-corrected chi connectivity index (χ2v) is 6.74. The van der Waals surface area contributed by atoms with Crippen LogP contribution >= 0.6 is 22.9 Å². The van der Waals surface area contributed by atoms with Crippen LogP contribution in [0.2, 0.25) is 5.02 Å². The molecule has 1 aliphatic carbocycles. The van der Waals surface area contributed by atoms with Crippen molar-refractivity contribution in [2.24, 2.45) is 5.92 Å². The summed E-state index contributed by atoms with van der Waals surface area (Å²) in [7, 11) is 0. The molecule has 0 unspecified atom stereocenters. The van der Waals surface area contributed by atoms with Gasteiger partial charge in [0.25, 0.3) is 0 Å². The highest BCUT2D eigenvalue weighted by Gasteiger charge is 2.30. The van der Waals surface area contributed by atoms with Gasteiger partial charge in [-0.05, 0) is 49.6 Å². The van der Waals surface area contributed by atoms with Crippen LogP contribution in [0.4, 0.5) is 5.00 Å². The molecule has 0 radical (unpaired) electrons. The van der Waals surface area contributed by atoms with E-state index in [0.29, 0.717) is 20.7 Å². The highest BCUT2D eigenvalue weighted by molar-refractivity contribution is 7.18.